The van der Waals surface area contributed by atoms with Gasteiger partial charge in [-0.25, -0.2) is 17.6 Å². The Hall–Kier alpha value is -2.08. The van der Waals surface area contributed by atoms with E-state index in [1.54, 1.807) is 7.05 Å². The predicted octanol–water partition coefficient (Wildman–Crippen LogP) is 3.54. The summed E-state index contributed by atoms with van der Waals surface area (Å²) < 4.78 is 58.8. The van der Waals surface area contributed by atoms with Crippen molar-refractivity contribution in [3.8, 4) is 5.75 Å². The predicted molar refractivity (Wildman–Crippen MR) is 69.8 cm³/mol. The van der Waals surface area contributed by atoms with Crippen LogP contribution in [0.2, 0.25) is 0 Å². The van der Waals surface area contributed by atoms with E-state index in [9.17, 15) is 17.6 Å². The molecule has 1 N–H and O–H groups in total. The first-order valence-electron chi connectivity index (χ1n) is 6.20. The monoisotopic (exact) mass is 299 g/mol. The topological polar surface area (TPSA) is 21.3 Å². The van der Waals surface area contributed by atoms with E-state index in [2.05, 4.69) is 5.32 Å². The molecule has 0 aromatic heterocycles. The van der Waals surface area contributed by atoms with Crippen LogP contribution in [0.3, 0.4) is 0 Å². The smallest absolute Gasteiger partial charge is 0.191 e. The molecular weight excluding hydrogens is 286 g/mol. The lowest BCUT2D eigenvalue weighted by Gasteiger charge is -2.11. The molecule has 0 heterocycles. The van der Waals surface area contributed by atoms with Gasteiger partial charge in [-0.15, -0.1) is 0 Å². The minimum atomic E-state index is -0.892. The molecule has 0 amide bonds. The molecule has 0 spiro atoms. The quantitative estimate of drug-likeness (QED) is 0.853. The maximum atomic E-state index is 13.8. The minimum absolute atomic E-state index is 0.117. The largest absolute Gasteiger partial charge is 0.483 e. The molecule has 0 aliphatic rings. The Morgan fingerprint density at radius 3 is 2.24 bits per heavy atom. The van der Waals surface area contributed by atoms with Crippen molar-refractivity contribution in [2.24, 2.45) is 0 Å². The Kier molecular flexibility index (Phi) is 4.80. The highest BCUT2D eigenvalue weighted by molar-refractivity contribution is 5.32. The van der Waals surface area contributed by atoms with Crippen molar-refractivity contribution in [3.05, 3.63) is 64.7 Å². The summed E-state index contributed by atoms with van der Waals surface area (Å²) in [7, 11) is 1.65. The number of benzene rings is 2. The first kappa shape index (κ1) is 15.3. The van der Waals surface area contributed by atoms with Crippen LogP contribution in [-0.2, 0) is 13.2 Å². The van der Waals surface area contributed by atoms with Crippen molar-refractivity contribution >= 4 is 0 Å². The van der Waals surface area contributed by atoms with Gasteiger partial charge < -0.3 is 10.1 Å². The van der Waals surface area contributed by atoms with Crippen LogP contribution in [0, 0.1) is 23.3 Å². The fraction of sp³-hybridized carbons (Fsp3) is 0.200. The minimum Gasteiger partial charge on any atom is -0.483 e. The van der Waals surface area contributed by atoms with Crippen molar-refractivity contribution in [1.29, 1.82) is 0 Å². The number of halogens is 4. The molecule has 0 saturated carbocycles. The van der Waals surface area contributed by atoms with E-state index < -0.39 is 35.6 Å². The standard InChI is InChI=1S/C15H13F4NO/c1-20-7-9-4-13(18)15(14(19)5-9)21-8-10-6-11(16)2-3-12(10)17/h2-6,20H,7-8H2,1H3. The van der Waals surface area contributed by atoms with Crippen LogP contribution in [-0.4, -0.2) is 7.05 Å². The molecule has 6 heteroatoms. The van der Waals surface area contributed by atoms with Gasteiger partial charge in [0.05, 0.1) is 0 Å². The molecule has 2 aromatic carbocycles. The molecule has 2 aromatic rings. The SMILES string of the molecule is CNCc1cc(F)c(OCc2cc(F)ccc2F)c(F)c1. The fourth-order valence-electron chi connectivity index (χ4n) is 1.86. The lowest BCUT2D eigenvalue weighted by Crippen LogP contribution is -2.07. The van der Waals surface area contributed by atoms with E-state index >= 15 is 0 Å². The molecule has 0 atom stereocenters. The van der Waals surface area contributed by atoms with E-state index in [1.165, 1.54) is 0 Å². The van der Waals surface area contributed by atoms with E-state index in [0.717, 1.165) is 30.3 Å². The van der Waals surface area contributed by atoms with Crippen LogP contribution in [0.25, 0.3) is 0 Å². The molecule has 112 valence electrons. The van der Waals surface area contributed by atoms with Gasteiger partial charge in [0.15, 0.2) is 17.4 Å². The summed E-state index contributed by atoms with van der Waals surface area (Å²) >= 11 is 0. The van der Waals surface area contributed by atoms with Crippen molar-refractivity contribution < 1.29 is 22.3 Å². The third-order valence-corrected chi connectivity index (χ3v) is 2.82. The molecule has 0 aliphatic heterocycles. The number of hydrogen-bond acceptors (Lipinski definition) is 2. The fourth-order valence-corrected chi connectivity index (χ4v) is 1.86. The first-order valence-corrected chi connectivity index (χ1v) is 6.20. The van der Waals surface area contributed by atoms with E-state index in [-0.39, 0.29) is 5.56 Å². The van der Waals surface area contributed by atoms with Crippen LogP contribution in [0.4, 0.5) is 17.6 Å². The van der Waals surface area contributed by atoms with Gasteiger partial charge in [0.1, 0.15) is 18.2 Å². The number of ether oxygens (including phenoxy) is 1. The van der Waals surface area contributed by atoms with Gasteiger partial charge in [0.25, 0.3) is 0 Å². The Morgan fingerprint density at radius 1 is 0.952 bits per heavy atom. The first-order chi connectivity index (χ1) is 10.0. The van der Waals surface area contributed by atoms with Gasteiger partial charge >= 0.3 is 0 Å². The lowest BCUT2D eigenvalue weighted by molar-refractivity contribution is 0.268. The summed E-state index contributed by atoms with van der Waals surface area (Å²) in [6, 6.07) is 5.04. The number of rotatable bonds is 5. The van der Waals surface area contributed by atoms with Gasteiger partial charge in [-0.3, -0.25) is 0 Å². The second kappa shape index (κ2) is 6.58. The molecule has 0 radical (unpaired) electrons. The maximum absolute atomic E-state index is 13.8. The molecule has 21 heavy (non-hydrogen) atoms. The molecule has 0 bridgehead atoms. The van der Waals surface area contributed by atoms with E-state index in [0.29, 0.717) is 12.1 Å². The van der Waals surface area contributed by atoms with Crippen LogP contribution in [0.5, 0.6) is 5.75 Å². The van der Waals surface area contributed by atoms with Crippen molar-refractivity contribution in [1.82, 2.24) is 5.32 Å². The highest BCUT2D eigenvalue weighted by atomic mass is 19.1. The van der Waals surface area contributed by atoms with Crippen LogP contribution in [0.15, 0.2) is 30.3 Å². The second-order valence-corrected chi connectivity index (χ2v) is 4.44. The summed E-state index contributed by atoms with van der Waals surface area (Å²) in [5.74, 6) is -3.75. The Labute approximate surface area is 119 Å². The van der Waals surface area contributed by atoms with Gasteiger partial charge in [-0.05, 0) is 42.9 Å². The third-order valence-electron chi connectivity index (χ3n) is 2.82. The molecular formula is C15H13F4NO. The average molecular weight is 299 g/mol. The molecule has 2 nitrogen and oxygen atoms in total. The van der Waals surface area contributed by atoms with Crippen molar-refractivity contribution in [2.75, 3.05) is 7.05 Å². The number of hydrogen-bond donors (Lipinski definition) is 1. The number of nitrogens with one attached hydrogen (secondary N) is 1. The van der Waals surface area contributed by atoms with Gasteiger partial charge in [-0.2, -0.15) is 0 Å². The van der Waals surface area contributed by atoms with E-state index in [1.807, 2.05) is 0 Å². The molecule has 0 aliphatic carbocycles. The van der Waals surface area contributed by atoms with Crippen LogP contribution >= 0.6 is 0 Å². The summed E-state index contributed by atoms with van der Waals surface area (Å²) in [5, 5.41) is 2.76. The summed E-state index contributed by atoms with van der Waals surface area (Å²) in [6.07, 6.45) is 0. The second-order valence-electron chi connectivity index (χ2n) is 4.44. The zero-order valence-electron chi connectivity index (χ0n) is 11.2. The zero-order chi connectivity index (χ0) is 15.4. The molecule has 0 saturated heterocycles. The Bertz CT molecular complexity index is 623. The van der Waals surface area contributed by atoms with E-state index in [4.69, 9.17) is 4.74 Å². The van der Waals surface area contributed by atoms with Crippen LogP contribution < -0.4 is 10.1 Å². The third kappa shape index (κ3) is 3.72. The van der Waals surface area contributed by atoms with Crippen LogP contribution in [0.1, 0.15) is 11.1 Å². The average Bonchev–Trinajstić information content (AvgIpc) is 2.42. The van der Waals surface area contributed by atoms with Crippen molar-refractivity contribution in [3.63, 3.8) is 0 Å². The van der Waals surface area contributed by atoms with Gasteiger partial charge in [-0.1, -0.05) is 0 Å². The highest BCUT2D eigenvalue weighted by Crippen LogP contribution is 2.25. The van der Waals surface area contributed by atoms with Crippen molar-refractivity contribution in [2.45, 2.75) is 13.2 Å². The highest BCUT2D eigenvalue weighted by Gasteiger charge is 2.14. The lowest BCUT2D eigenvalue weighted by atomic mass is 10.2. The summed E-state index contributed by atoms with van der Waals surface area (Å²) in [5.41, 5.74) is 0.296. The van der Waals surface area contributed by atoms with Gasteiger partial charge in [0, 0.05) is 12.1 Å². The summed E-state index contributed by atoms with van der Waals surface area (Å²) in [6.45, 7) is -0.171. The Balaban J connectivity index is 2.18. The molecule has 0 fully saturated rings. The molecule has 0 unspecified atom stereocenters. The molecule has 2 rings (SSSR count). The normalized spacial score (nSPS) is 10.7. The maximum Gasteiger partial charge on any atom is 0.191 e. The Morgan fingerprint density at radius 2 is 1.62 bits per heavy atom. The zero-order valence-corrected chi connectivity index (χ0v) is 11.2. The summed E-state index contributed by atoms with van der Waals surface area (Å²) in [4.78, 5) is 0. The van der Waals surface area contributed by atoms with Gasteiger partial charge in [0.2, 0.25) is 0 Å².